The number of thioether (sulfide) groups is 2. The molecule has 0 N–H and O–H groups in total. The van der Waals surface area contributed by atoms with Gasteiger partial charge in [0.15, 0.2) is 0 Å². The molecule has 2 aromatic carbocycles. The van der Waals surface area contributed by atoms with Gasteiger partial charge in [-0.2, -0.15) is 0 Å². The SMILES string of the molecule is CCCCCC(Cl)C=C(Sc1ccccc1)Sc1ccccc1. The molecule has 0 saturated heterocycles. The van der Waals surface area contributed by atoms with Gasteiger partial charge in [0.05, 0.1) is 5.38 Å². The summed E-state index contributed by atoms with van der Waals surface area (Å²) in [6.45, 7) is 2.22. The maximum Gasteiger partial charge on any atom is 0.0534 e. The smallest absolute Gasteiger partial charge is 0.0534 e. The molecule has 23 heavy (non-hydrogen) atoms. The fourth-order valence-corrected chi connectivity index (χ4v) is 4.81. The van der Waals surface area contributed by atoms with Gasteiger partial charge in [-0.05, 0) is 36.8 Å². The molecule has 0 bridgehead atoms. The Morgan fingerprint density at radius 3 is 1.91 bits per heavy atom. The highest BCUT2D eigenvalue weighted by Gasteiger charge is 2.08. The summed E-state index contributed by atoms with van der Waals surface area (Å²) >= 11 is 10.1. The maximum atomic E-state index is 6.54. The molecule has 0 radical (unpaired) electrons. The zero-order valence-corrected chi connectivity index (χ0v) is 15.8. The van der Waals surface area contributed by atoms with Gasteiger partial charge in [0.25, 0.3) is 0 Å². The van der Waals surface area contributed by atoms with Crippen molar-refractivity contribution in [3.8, 4) is 0 Å². The molecule has 2 aromatic rings. The third-order valence-electron chi connectivity index (χ3n) is 3.32. The monoisotopic (exact) mass is 362 g/mol. The lowest BCUT2D eigenvalue weighted by atomic mass is 10.1. The highest BCUT2D eigenvalue weighted by Crippen LogP contribution is 2.40. The van der Waals surface area contributed by atoms with Crippen molar-refractivity contribution in [3.63, 3.8) is 0 Å². The lowest BCUT2D eigenvalue weighted by Gasteiger charge is -2.10. The maximum absolute atomic E-state index is 6.54. The van der Waals surface area contributed by atoms with Gasteiger partial charge in [0.2, 0.25) is 0 Å². The molecule has 0 aliphatic heterocycles. The van der Waals surface area contributed by atoms with Crippen molar-refractivity contribution in [2.24, 2.45) is 0 Å². The summed E-state index contributed by atoms with van der Waals surface area (Å²) in [7, 11) is 0. The first kappa shape index (κ1) is 18.5. The molecule has 3 heteroatoms. The predicted octanol–water partition coefficient (Wildman–Crippen LogP) is 7.60. The number of hydrogen-bond donors (Lipinski definition) is 0. The zero-order chi connectivity index (χ0) is 16.3. The first-order valence-electron chi connectivity index (χ1n) is 8.09. The summed E-state index contributed by atoms with van der Waals surface area (Å²) in [5.41, 5.74) is 0. The highest BCUT2D eigenvalue weighted by molar-refractivity contribution is 8.22. The Hall–Kier alpha value is -0.830. The minimum absolute atomic E-state index is 0.101. The van der Waals surface area contributed by atoms with Crippen LogP contribution in [0.15, 0.2) is 80.8 Å². The van der Waals surface area contributed by atoms with Crippen LogP contribution in [0, 0.1) is 0 Å². The first-order chi connectivity index (χ1) is 11.3. The second-order valence-electron chi connectivity index (χ2n) is 5.33. The van der Waals surface area contributed by atoms with Crippen LogP contribution in [0.1, 0.15) is 32.6 Å². The Morgan fingerprint density at radius 1 is 0.913 bits per heavy atom. The van der Waals surface area contributed by atoms with E-state index in [4.69, 9.17) is 11.6 Å². The van der Waals surface area contributed by atoms with E-state index in [1.165, 1.54) is 33.3 Å². The summed E-state index contributed by atoms with van der Waals surface area (Å²) in [6, 6.07) is 21.0. The second-order valence-corrected chi connectivity index (χ2v) is 8.38. The molecule has 0 nitrogen and oxygen atoms in total. The van der Waals surface area contributed by atoms with E-state index in [0.29, 0.717) is 0 Å². The summed E-state index contributed by atoms with van der Waals surface area (Å²) < 4.78 is 1.25. The van der Waals surface area contributed by atoms with E-state index in [2.05, 4.69) is 61.5 Å². The summed E-state index contributed by atoms with van der Waals surface area (Å²) in [5, 5.41) is 0.101. The zero-order valence-electron chi connectivity index (χ0n) is 13.5. The lowest BCUT2D eigenvalue weighted by Crippen LogP contribution is -1.94. The third kappa shape index (κ3) is 7.52. The van der Waals surface area contributed by atoms with E-state index >= 15 is 0 Å². The number of halogens is 1. The van der Waals surface area contributed by atoms with Crippen LogP contribution in [-0.2, 0) is 0 Å². The molecule has 0 fully saturated rings. The molecular weight excluding hydrogens is 340 g/mol. The number of alkyl halides is 1. The van der Waals surface area contributed by atoms with E-state index in [1.54, 1.807) is 23.5 Å². The number of unbranched alkanes of at least 4 members (excludes halogenated alkanes) is 2. The van der Waals surface area contributed by atoms with Crippen molar-refractivity contribution < 1.29 is 0 Å². The van der Waals surface area contributed by atoms with Gasteiger partial charge in [0, 0.05) is 14.0 Å². The van der Waals surface area contributed by atoms with Crippen molar-refractivity contribution in [1.29, 1.82) is 0 Å². The van der Waals surface area contributed by atoms with Crippen LogP contribution in [0.3, 0.4) is 0 Å². The van der Waals surface area contributed by atoms with Gasteiger partial charge in [-0.3, -0.25) is 0 Å². The normalized spacial score (nSPS) is 11.9. The summed E-state index contributed by atoms with van der Waals surface area (Å²) in [4.78, 5) is 2.50. The summed E-state index contributed by atoms with van der Waals surface area (Å²) in [5.74, 6) is 0. The molecule has 0 spiro atoms. The molecule has 1 unspecified atom stereocenters. The van der Waals surface area contributed by atoms with Crippen LogP contribution in [0.25, 0.3) is 0 Å². The summed E-state index contributed by atoms with van der Waals surface area (Å²) in [6.07, 6.45) is 6.94. The second kappa shape index (κ2) is 10.9. The van der Waals surface area contributed by atoms with Gasteiger partial charge >= 0.3 is 0 Å². The predicted molar refractivity (Wildman–Crippen MR) is 106 cm³/mol. The van der Waals surface area contributed by atoms with Gasteiger partial charge in [0.1, 0.15) is 0 Å². The lowest BCUT2D eigenvalue weighted by molar-refractivity contribution is 0.678. The fraction of sp³-hybridized carbons (Fsp3) is 0.300. The van der Waals surface area contributed by atoms with Crippen LogP contribution in [0.5, 0.6) is 0 Å². The number of hydrogen-bond acceptors (Lipinski definition) is 2. The Morgan fingerprint density at radius 2 is 1.43 bits per heavy atom. The number of rotatable bonds is 9. The number of allylic oxidation sites excluding steroid dienone is 1. The van der Waals surface area contributed by atoms with Crippen molar-refractivity contribution in [2.45, 2.75) is 47.8 Å². The van der Waals surface area contributed by atoms with Crippen LogP contribution >= 0.6 is 35.1 Å². The van der Waals surface area contributed by atoms with E-state index in [1.807, 2.05) is 12.1 Å². The molecule has 0 amide bonds. The van der Waals surface area contributed by atoms with Gasteiger partial charge < -0.3 is 0 Å². The quantitative estimate of drug-likeness (QED) is 0.256. The molecule has 2 rings (SSSR count). The van der Waals surface area contributed by atoms with Crippen LogP contribution < -0.4 is 0 Å². The molecule has 0 aliphatic carbocycles. The van der Waals surface area contributed by atoms with E-state index < -0.39 is 0 Å². The standard InChI is InChI=1S/C20H23ClS2/c1-2-3-6-11-17(21)16-20(22-18-12-7-4-8-13-18)23-19-14-9-5-10-15-19/h4-5,7-10,12-17H,2-3,6,11H2,1H3. The van der Waals surface area contributed by atoms with Crippen LogP contribution in [0.4, 0.5) is 0 Å². The Balaban J connectivity index is 2.07. The van der Waals surface area contributed by atoms with Crippen LogP contribution in [-0.4, -0.2) is 5.38 Å². The largest absolute Gasteiger partial charge is 0.118 e. The van der Waals surface area contributed by atoms with Crippen molar-refractivity contribution in [1.82, 2.24) is 0 Å². The molecule has 1 atom stereocenters. The third-order valence-corrected chi connectivity index (χ3v) is 5.86. The van der Waals surface area contributed by atoms with E-state index in [-0.39, 0.29) is 5.38 Å². The minimum Gasteiger partial charge on any atom is -0.118 e. The molecule has 122 valence electrons. The van der Waals surface area contributed by atoms with Gasteiger partial charge in [-0.1, -0.05) is 86.1 Å². The van der Waals surface area contributed by atoms with E-state index in [9.17, 15) is 0 Å². The molecular formula is C20H23ClS2. The number of benzene rings is 2. The Bertz CT molecular complexity index is 538. The highest BCUT2D eigenvalue weighted by atomic mass is 35.5. The Kier molecular flexibility index (Phi) is 8.73. The van der Waals surface area contributed by atoms with Gasteiger partial charge in [-0.25, -0.2) is 0 Å². The fourth-order valence-electron chi connectivity index (χ4n) is 2.12. The van der Waals surface area contributed by atoms with Gasteiger partial charge in [-0.15, -0.1) is 11.6 Å². The average molecular weight is 363 g/mol. The van der Waals surface area contributed by atoms with E-state index in [0.717, 1.165) is 6.42 Å². The molecule has 0 saturated carbocycles. The topological polar surface area (TPSA) is 0 Å². The molecule has 0 aliphatic rings. The minimum atomic E-state index is 0.101. The van der Waals surface area contributed by atoms with Crippen molar-refractivity contribution >= 4 is 35.1 Å². The van der Waals surface area contributed by atoms with Crippen molar-refractivity contribution in [2.75, 3.05) is 0 Å². The molecule has 0 heterocycles. The Labute approximate surface area is 153 Å². The molecule has 0 aromatic heterocycles. The van der Waals surface area contributed by atoms with Crippen molar-refractivity contribution in [3.05, 3.63) is 71.0 Å². The first-order valence-corrected chi connectivity index (χ1v) is 10.2. The van der Waals surface area contributed by atoms with Crippen LogP contribution in [0.2, 0.25) is 0 Å². The average Bonchev–Trinajstić information content (AvgIpc) is 2.57.